The maximum absolute atomic E-state index is 13.5. The highest BCUT2D eigenvalue weighted by atomic mass is 32.2. The summed E-state index contributed by atoms with van der Waals surface area (Å²) in [6.45, 7) is 9.04. The van der Waals surface area contributed by atoms with E-state index in [1.54, 1.807) is 20.8 Å². The fraction of sp³-hybridized carbons (Fsp3) is 0.409. The van der Waals surface area contributed by atoms with E-state index >= 15 is 0 Å². The number of rotatable bonds is 10. The number of hydrogen-bond acceptors (Lipinski definition) is 9. The predicted octanol–water partition coefficient (Wildman–Crippen LogP) is 2.65. The first-order valence-electron chi connectivity index (χ1n) is 10.7. The number of aryl methyl sites for hydroxylation is 1. The standard InChI is InChI=1S/C22H27N3O7S2/c1-5-11-31-24-18-10-13-33(27,28)19-9-8-16(15(4)20(18)19)21(26)17-14-23-25(7-3)22(17)32-34(29,30)12-6-2/h5,8-9,14H,1,6-7,10-13H2,2-4H3/b24-18-. The summed E-state index contributed by atoms with van der Waals surface area (Å²) in [6.07, 6.45) is 3.24. The lowest BCUT2D eigenvalue weighted by molar-refractivity contribution is 0.103. The van der Waals surface area contributed by atoms with Crippen molar-refractivity contribution in [2.45, 2.75) is 45.1 Å². The van der Waals surface area contributed by atoms with Gasteiger partial charge in [0.25, 0.3) is 0 Å². The lowest BCUT2D eigenvalue weighted by Gasteiger charge is -2.21. The van der Waals surface area contributed by atoms with Gasteiger partial charge in [-0.05, 0) is 38.0 Å². The van der Waals surface area contributed by atoms with E-state index in [2.05, 4.69) is 16.8 Å². The molecule has 0 atom stereocenters. The molecule has 3 rings (SSSR count). The molecular weight excluding hydrogens is 482 g/mol. The molecule has 1 aliphatic rings. The van der Waals surface area contributed by atoms with Gasteiger partial charge in [-0.2, -0.15) is 13.5 Å². The van der Waals surface area contributed by atoms with Gasteiger partial charge in [0, 0.05) is 24.1 Å². The highest BCUT2D eigenvalue weighted by Crippen LogP contribution is 2.32. The molecule has 0 saturated heterocycles. The third-order valence-corrected chi connectivity index (χ3v) is 8.34. The molecule has 12 heteroatoms. The summed E-state index contributed by atoms with van der Waals surface area (Å²) in [5, 5.41) is 8.15. The van der Waals surface area contributed by atoms with Crippen LogP contribution in [0.1, 0.15) is 53.7 Å². The van der Waals surface area contributed by atoms with Crippen molar-refractivity contribution in [1.29, 1.82) is 0 Å². The summed E-state index contributed by atoms with van der Waals surface area (Å²) in [4.78, 5) is 18.8. The maximum Gasteiger partial charge on any atom is 0.310 e. The second-order valence-corrected chi connectivity index (χ2v) is 11.4. The Bertz CT molecular complexity index is 1360. The molecule has 1 aromatic carbocycles. The van der Waals surface area contributed by atoms with E-state index < -0.39 is 25.7 Å². The SMILES string of the molecule is C=CCO/N=C1/CCS(=O)(=O)c2ccc(C(=O)c3cnn(CC)c3OS(=O)(=O)CCC)c(C)c21. The number of sulfone groups is 1. The summed E-state index contributed by atoms with van der Waals surface area (Å²) in [6, 6.07) is 2.78. The third-order valence-electron chi connectivity index (χ3n) is 5.27. The van der Waals surface area contributed by atoms with Crippen LogP contribution in [0, 0.1) is 6.92 Å². The molecule has 2 heterocycles. The van der Waals surface area contributed by atoms with E-state index in [4.69, 9.17) is 9.02 Å². The van der Waals surface area contributed by atoms with E-state index in [1.807, 2.05) is 0 Å². The van der Waals surface area contributed by atoms with E-state index in [0.717, 1.165) is 0 Å². The first kappa shape index (κ1) is 25.6. The lowest BCUT2D eigenvalue weighted by atomic mass is 9.93. The van der Waals surface area contributed by atoms with E-state index in [9.17, 15) is 21.6 Å². The average molecular weight is 510 g/mol. The van der Waals surface area contributed by atoms with E-state index in [1.165, 1.54) is 29.1 Å². The van der Waals surface area contributed by atoms with Crippen LogP contribution in [-0.2, 0) is 31.3 Å². The minimum atomic E-state index is -3.92. The van der Waals surface area contributed by atoms with Gasteiger partial charge < -0.3 is 9.02 Å². The van der Waals surface area contributed by atoms with Gasteiger partial charge >= 0.3 is 10.1 Å². The summed E-state index contributed by atoms with van der Waals surface area (Å²) in [7, 11) is -7.48. The van der Waals surface area contributed by atoms with Gasteiger partial charge in [0.15, 0.2) is 15.6 Å². The van der Waals surface area contributed by atoms with Crippen molar-refractivity contribution in [1.82, 2.24) is 9.78 Å². The molecule has 2 aromatic rings. The van der Waals surface area contributed by atoms with Crippen LogP contribution in [-0.4, -0.2) is 56.2 Å². The van der Waals surface area contributed by atoms with Crippen molar-refractivity contribution in [2.75, 3.05) is 18.1 Å². The molecule has 0 aliphatic carbocycles. The van der Waals surface area contributed by atoms with E-state index in [-0.39, 0.29) is 53.0 Å². The Balaban J connectivity index is 2.13. The van der Waals surface area contributed by atoms with Crippen molar-refractivity contribution in [3.05, 3.63) is 53.2 Å². The molecular formula is C22H27N3O7S2. The molecule has 0 saturated carbocycles. The van der Waals surface area contributed by atoms with Crippen LogP contribution < -0.4 is 4.18 Å². The Kier molecular flexibility index (Phi) is 7.61. The number of oxime groups is 1. The van der Waals surface area contributed by atoms with Crippen LogP contribution >= 0.6 is 0 Å². The molecule has 0 unspecified atom stereocenters. The Morgan fingerprint density at radius 1 is 1.29 bits per heavy atom. The van der Waals surface area contributed by atoms with Crippen LogP contribution in [0.5, 0.6) is 5.88 Å². The van der Waals surface area contributed by atoms with Crippen LogP contribution in [0.15, 0.2) is 41.0 Å². The van der Waals surface area contributed by atoms with Gasteiger partial charge in [0.2, 0.25) is 5.88 Å². The molecule has 0 radical (unpaired) electrons. The number of ketones is 1. The fourth-order valence-corrected chi connectivity index (χ4v) is 6.21. The average Bonchev–Trinajstić information content (AvgIpc) is 3.17. The third kappa shape index (κ3) is 5.07. The van der Waals surface area contributed by atoms with Crippen molar-refractivity contribution in [3.63, 3.8) is 0 Å². The number of carbonyl (C=O) groups is 1. The van der Waals surface area contributed by atoms with Gasteiger partial charge in [0.05, 0.1) is 28.3 Å². The normalized spacial score (nSPS) is 16.1. The zero-order valence-electron chi connectivity index (χ0n) is 19.3. The molecule has 10 nitrogen and oxygen atoms in total. The summed E-state index contributed by atoms with van der Waals surface area (Å²) in [5.41, 5.74) is 1.25. The fourth-order valence-electron chi connectivity index (χ4n) is 3.68. The molecule has 1 aliphatic heterocycles. The summed E-state index contributed by atoms with van der Waals surface area (Å²) >= 11 is 0. The summed E-state index contributed by atoms with van der Waals surface area (Å²) < 4.78 is 56.5. The number of hydrogen-bond donors (Lipinski definition) is 0. The van der Waals surface area contributed by atoms with Gasteiger partial charge in [-0.3, -0.25) is 4.79 Å². The van der Waals surface area contributed by atoms with Gasteiger partial charge in [0.1, 0.15) is 12.2 Å². The number of aromatic nitrogens is 2. The first-order chi connectivity index (χ1) is 16.1. The minimum absolute atomic E-state index is 0.0374. The van der Waals surface area contributed by atoms with Crippen LogP contribution in [0.25, 0.3) is 0 Å². The molecule has 0 N–H and O–H groups in total. The smallest absolute Gasteiger partial charge is 0.310 e. The summed E-state index contributed by atoms with van der Waals surface area (Å²) in [5.74, 6) is -1.06. The van der Waals surface area contributed by atoms with Gasteiger partial charge in [-0.25, -0.2) is 13.1 Å². The zero-order chi connectivity index (χ0) is 25.1. The van der Waals surface area contributed by atoms with Crippen LogP contribution in [0.4, 0.5) is 0 Å². The maximum atomic E-state index is 13.5. The van der Waals surface area contributed by atoms with Crippen molar-refractivity contribution >= 4 is 31.5 Å². The Labute approximate surface area is 199 Å². The Morgan fingerprint density at radius 3 is 2.68 bits per heavy atom. The largest absolute Gasteiger partial charge is 0.391 e. The van der Waals surface area contributed by atoms with Crippen molar-refractivity contribution in [3.8, 4) is 5.88 Å². The quantitative estimate of drug-likeness (QED) is 0.157. The van der Waals surface area contributed by atoms with E-state index in [0.29, 0.717) is 23.3 Å². The Hall–Kier alpha value is -2.99. The molecule has 0 spiro atoms. The molecule has 0 bridgehead atoms. The van der Waals surface area contributed by atoms with Crippen molar-refractivity contribution in [2.24, 2.45) is 5.16 Å². The topological polar surface area (TPSA) is 134 Å². The molecule has 1 aromatic heterocycles. The van der Waals surface area contributed by atoms with Crippen LogP contribution in [0.3, 0.4) is 0 Å². The predicted molar refractivity (Wildman–Crippen MR) is 127 cm³/mol. The number of nitrogens with zero attached hydrogens (tertiary/aromatic N) is 3. The Morgan fingerprint density at radius 2 is 2.03 bits per heavy atom. The lowest BCUT2D eigenvalue weighted by Crippen LogP contribution is -2.25. The highest BCUT2D eigenvalue weighted by molar-refractivity contribution is 7.91. The van der Waals surface area contributed by atoms with Gasteiger partial charge in [-0.15, -0.1) is 0 Å². The molecule has 184 valence electrons. The second kappa shape index (κ2) is 10.1. The second-order valence-electron chi connectivity index (χ2n) is 7.66. The number of carbonyl (C=O) groups excluding carboxylic acids is 1. The first-order valence-corrected chi connectivity index (χ1v) is 14.0. The monoisotopic (exact) mass is 509 g/mol. The van der Waals surface area contributed by atoms with Crippen LogP contribution in [0.2, 0.25) is 0 Å². The molecule has 34 heavy (non-hydrogen) atoms. The zero-order valence-corrected chi connectivity index (χ0v) is 20.9. The molecule has 0 fully saturated rings. The van der Waals surface area contributed by atoms with Crippen molar-refractivity contribution < 1.29 is 30.7 Å². The highest BCUT2D eigenvalue weighted by Gasteiger charge is 2.33. The number of benzene rings is 1. The number of fused-ring (bicyclic) bond motifs is 1. The minimum Gasteiger partial charge on any atom is -0.391 e. The van der Waals surface area contributed by atoms with Gasteiger partial charge in [-0.1, -0.05) is 24.7 Å². The molecule has 0 amide bonds.